The molecule has 1 saturated carbocycles. The van der Waals surface area contributed by atoms with Crippen molar-refractivity contribution in [3.8, 4) is 0 Å². The third kappa shape index (κ3) is 2.34. The Morgan fingerprint density at radius 3 is 3.07 bits per heavy atom. The molecule has 5 nitrogen and oxygen atoms in total. The number of piperidine rings is 2. The lowest BCUT2D eigenvalue weighted by Gasteiger charge is -2.58. The van der Waals surface area contributed by atoms with Gasteiger partial charge in [0.2, 0.25) is 0 Å². The van der Waals surface area contributed by atoms with Crippen LogP contribution in [0.4, 0.5) is 0 Å². The Morgan fingerprint density at radius 2 is 2.26 bits per heavy atom. The molecule has 1 aliphatic carbocycles. The summed E-state index contributed by atoms with van der Waals surface area (Å²) in [4.78, 5) is 19.7. The molecule has 2 saturated heterocycles. The van der Waals surface area contributed by atoms with E-state index in [1.54, 1.807) is 7.11 Å². The molecule has 0 amide bonds. The largest absolute Gasteiger partial charge is 0.468 e. The van der Waals surface area contributed by atoms with Crippen LogP contribution in [0.1, 0.15) is 30.5 Å². The molecule has 4 heterocycles. The molecule has 0 radical (unpaired) electrons. The van der Waals surface area contributed by atoms with Gasteiger partial charge in [0.15, 0.2) is 0 Å². The molecule has 3 aliphatic heterocycles. The predicted octanol–water partition coefficient (Wildman–Crippen LogP) is 2.45. The van der Waals surface area contributed by atoms with Crippen molar-refractivity contribution in [2.75, 3.05) is 33.8 Å². The molecule has 3 fully saturated rings. The number of benzene rings is 1. The first kappa shape index (κ1) is 17.3. The molecule has 4 unspecified atom stereocenters. The highest BCUT2D eigenvalue weighted by Crippen LogP contribution is 2.55. The summed E-state index contributed by atoms with van der Waals surface area (Å²) in [6.45, 7) is 3.16. The number of aromatic nitrogens is 1. The fourth-order valence-corrected chi connectivity index (χ4v) is 6.48. The van der Waals surface area contributed by atoms with Crippen molar-refractivity contribution in [1.82, 2.24) is 15.2 Å². The van der Waals surface area contributed by atoms with Gasteiger partial charge in [-0.15, -0.1) is 0 Å². The van der Waals surface area contributed by atoms with Gasteiger partial charge in [-0.3, -0.25) is 9.69 Å². The van der Waals surface area contributed by atoms with Gasteiger partial charge in [-0.1, -0.05) is 18.2 Å². The van der Waals surface area contributed by atoms with Crippen LogP contribution in [-0.4, -0.2) is 55.7 Å². The summed E-state index contributed by atoms with van der Waals surface area (Å²) in [7, 11) is 3.57. The normalized spacial score (nSPS) is 34.3. The van der Waals surface area contributed by atoms with Crippen LogP contribution in [0.15, 0.2) is 24.3 Å². The third-order valence-corrected chi connectivity index (χ3v) is 7.31. The quantitative estimate of drug-likeness (QED) is 0.815. The van der Waals surface area contributed by atoms with Crippen LogP contribution < -0.4 is 5.32 Å². The van der Waals surface area contributed by atoms with Crippen LogP contribution in [0.5, 0.6) is 0 Å². The number of fused-ring (bicyclic) bond motifs is 4. The number of nitrogens with one attached hydrogen (secondary N) is 2. The number of rotatable bonds is 4. The number of methoxy groups -OCH3 is 1. The van der Waals surface area contributed by atoms with Crippen molar-refractivity contribution in [2.45, 2.75) is 37.1 Å². The number of H-pyrrole nitrogens is 1. The Bertz CT molecular complexity index is 876. The number of carbonyl (C=O) groups excluding carboxylic acids is 1. The van der Waals surface area contributed by atoms with Gasteiger partial charge in [0.1, 0.15) is 5.41 Å². The highest BCUT2D eigenvalue weighted by molar-refractivity contribution is 5.91. The van der Waals surface area contributed by atoms with Crippen LogP contribution in [0, 0.1) is 11.8 Å². The highest BCUT2D eigenvalue weighted by Gasteiger charge is 2.62. The molecular weight excluding hydrogens is 338 g/mol. The number of nitrogens with zero attached hydrogens (tertiary/aromatic N) is 1. The van der Waals surface area contributed by atoms with E-state index < -0.39 is 5.41 Å². The summed E-state index contributed by atoms with van der Waals surface area (Å²) in [6, 6.07) is 8.72. The SMILES string of the molecule is CNCCC1C[C@@H]2CN3CCc4c([nH]c5ccccc45)C(C(=O)OC)(C2)C13. The van der Waals surface area contributed by atoms with E-state index in [2.05, 4.69) is 39.5 Å². The topological polar surface area (TPSA) is 57.4 Å². The highest BCUT2D eigenvalue weighted by atomic mass is 16.5. The van der Waals surface area contributed by atoms with E-state index in [1.807, 2.05) is 7.05 Å². The van der Waals surface area contributed by atoms with Crippen molar-refractivity contribution in [3.05, 3.63) is 35.5 Å². The maximum Gasteiger partial charge on any atom is 0.319 e. The molecule has 2 N–H and O–H groups in total. The average Bonchev–Trinajstić information content (AvgIpc) is 3.04. The maximum atomic E-state index is 13.4. The summed E-state index contributed by atoms with van der Waals surface area (Å²) in [5, 5.41) is 4.58. The van der Waals surface area contributed by atoms with Gasteiger partial charge >= 0.3 is 5.97 Å². The number of ether oxygens (including phenoxy) is 1. The minimum atomic E-state index is -0.556. The van der Waals surface area contributed by atoms with Gasteiger partial charge in [0.05, 0.1) is 7.11 Å². The lowest BCUT2D eigenvalue weighted by Crippen LogP contribution is -2.67. The van der Waals surface area contributed by atoms with Crippen LogP contribution in [0.3, 0.4) is 0 Å². The zero-order valence-corrected chi connectivity index (χ0v) is 16.3. The average molecular weight is 367 g/mol. The first-order chi connectivity index (χ1) is 13.2. The maximum absolute atomic E-state index is 13.4. The van der Waals surface area contributed by atoms with E-state index in [-0.39, 0.29) is 12.0 Å². The van der Waals surface area contributed by atoms with E-state index in [0.29, 0.717) is 11.8 Å². The lowest BCUT2D eigenvalue weighted by molar-refractivity contribution is -0.162. The number of para-hydroxylation sites is 1. The Morgan fingerprint density at radius 1 is 1.41 bits per heavy atom. The molecule has 144 valence electrons. The number of hydrogen-bond acceptors (Lipinski definition) is 4. The summed E-state index contributed by atoms with van der Waals surface area (Å²) in [5.41, 5.74) is 3.06. The second kappa shape index (κ2) is 6.35. The zero-order chi connectivity index (χ0) is 18.6. The minimum Gasteiger partial charge on any atom is -0.468 e. The van der Waals surface area contributed by atoms with Gasteiger partial charge in [-0.2, -0.15) is 0 Å². The number of hydrogen-bond donors (Lipinski definition) is 2. The first-order valence-electron chi connectivity index (χ1n) is 10.3. The number of aromatic amines is 1. The van der Waals surface area contributed by atoms with Crippen molar-refractivity contribution >= 4 is 16.9 Å². The molecule has 6 rings (SSSR count). The summed E-state index contributed by atoms with van der Waals surface area (Å²) in [5.74, 6) is 1.04. The van der Waals surface area contributed by atoms with Crippen LogP contribution in [-0.2, 0) is 21.4 Å². The molecule has 1 aromatic heterocycles. The molecule has 4 bridgehead atoms. The van der Waals surface area contributed by atoms with Gasteiger partial charge in [-0.05, 0) is 62.7 Å². The summed E-state index contributed by atoms with van der Waals surface area (Å²) in [6.07, 6.45) is 4.26. The molecule has 0 spiro atoms. The van der Waals surface area contributed by atoms with Crippen LogP contribution in [0.25, 0.3) is 10.9 Å². The van der Waals surface area contributed by atoms with E-state index in [0.717, 1.165) is 50.1 Å². The smallest absolute Gasteiger partial charge is 0.319 e. The number of carbonyl (C=O) groups is 1. The Hall–Kier alpha value is -1.85. The standard InChI is InChI=1S/C22H29N3O2/c1-23-9-7-15-11-14-12-22(21(26)27-2)19-17(8-10-25(13-14)20(15)22)16-5-3-4-6-18(16)24-19/h3-6,14-15,20,23-24H,7-13H2,1-2H3/t14-,15?,20?,22?/m0/s1. The van der Waals surface area contributed by atoms with Gasteiger partial charge < -0.3 is 15.0 Å². The van der Waals surface area contributed by atoms with Crippen molar-refractivity contribution in [3.63, 3.8) is 0 Å². The Kier molecular flexibility index (Phi) is 4.06. The Balaban J connectivity index is 1.72. The molecule has 1 aromatic carbocycles. The monoisotopic (exact) mass is 367 g/mol. The van der Waals surface area contributed by atoms with Gasteiger partial charge in [0.25, 0.3) is 0 Å². The van der Waals surface area contributed by atoms with Gasteiger partial charge in [0, 0.05) is 35.7 Å². The molecule has 5 atom stereocenters. The Labute approximate surface area is 160 Å². The van der Waals surface area contributed by atoms with Crippen LogP contribution in [0.2, 0.25) is 0 Å². The molecule has 4 aliphatic rings. The third-order valence-electron chi connectivity index (χ3n) is 7.31. The fourth-order valence-electron chi connectivity index (χ4n) is 6.48. The molecular formula is C22H29N3O2. The first-order valence-corrected chi connectivity index (χ1v) is 10.3. The van der Waals surface area contributed by atoms with Crippen molar-refractivity contribution in [2.24, 2.45) is 11.8 Å². The van der Waals surface area contributed by atoms with E-state index in [4.69, 9.17) is 4.74 Å². The predicted molar refractivity (Wildman–Crippen MR) is 106 cm³/mol. The molecule has 27 heavy (non-hydrogen) atoms. The second-order valence-electron chi connectivity index (χ2n) is 8.64. The summed E-state index contributed by atoms with van der Waals surface area (Å²) >= 11 is 0. The fraction of sp³-hybridized carbons (Fsp3) is 0.591. The van der Waals surface area contributed by atoms with Crippen LogP contribution >= 0.6 is 0 Å². The minimum absolute atomic E-state index is 0.0499. The second-order valence-corrected chi connectivity index (χ2v) is 8.64. The van der Waals surface area contributed by atoms with E-state index in [1.165, 1.54) is 17.4 Å². The molecule has 5 heteroatoms. The van der Waals surface area contributed by atoms with E-state index in [9.17, 15) is 4.79 Å². The van der Waals surface area contributed by atoms with Gasteiger partial charge in [-0.25, -0.2) is 0 Å². The van der Waals surface area contributed by atoms with Crippen molar-refractivity contribution in [1.29, 1.82) is 0 Å². The van der Waals surface area contributed by atoms with E-state index >= 15 is 0 Å². The zero-order valence-electron chi connectivity index (χ0n) is 16.3. The van der Waals surface area contributed by atoms with Crippen molar-refractivity contribution < 1.29 is 9.53 Å². The summed E-state index contributed by atoms with van der Waals surface area (Å²) < 4.78 is 5.48. The lowest BCUT2D eigenvalue weighted by atomic mass is 9.56. The molecule has 2 aromatic rings. The number of esters is 1.